The van der Waals surface area contributed by atoms with Crippen LogP contribution in [0.2, 0.25) is 0 Å². The molecule has 3 rings (SSSR count). The van der Waals surface area contributed by atoms with Crippen LogP contribution in [0.15, 0.2) is 12.1 Å². The second-order valence-corrected chi connectivity index (χ2v) is 5.26. The van der Waals surface area contributed by atoms with E-state index in [2.05, 4.69) is 28.2 Å². The molecule has 0 unspecified atom stereocenters. The van der Waals surface area contributed by atoms with Gasteiger partial charge in [0.25, 0.3) is 0 Å². The molecule has 0 spiro atoms. The summed E-state index contributed by atoms with van der Waals surface area (Å²) in [6.45, 7) is 2.85. The van der Waals surface area contributed by atoms with E-state index in [0.717, 1.165) is 30.3 Å². The minimum Gasteiger partial charge on any atom is -0.330 e. The number of rotatable bonds is 3. The fourth-order valence-corrected chi connectivity index (χ4v) is 2.65. The molecule has 1 aliphatic heterocycles. The first-order valence-corrected chi connectivity index (χ1v) is 6.88. The Morgan fingerprint density at radius 3 is 2.79 bits per heavy atom. The maximum Gasteiger partial charge on any atom is 0.177 e. The van der Waals surface area contributed by atoms with Gasteiger partial charge in [-0.3, -0.25) is 0 Å². The lowest BCUT2D eigenvalue weighted by molar-refractivity contribution is 0.252. The Morgan fingerprint density at radius 2 is 2.05 bits per heavy atom. The van der Waals surface area contributed by atoms with Crippen molar-refractivity contribution in [3.8, 4) is 0 Å². The summed E-state index contributed by atoms with van der Waals surface area (Å²) in [5, 5.41) is 13.0. The Morgan fingerprint density at radius 1 is 1.26 bits per heavy atom. The summed E-state index contributed by atoms with van der Waals surface area (Å²) in [7, 11) is 2.17. The molecule has 2 aromatic rings. The average Bonchev–Trinajstić information content (AvgIpc) is 2.83. The third-order valence-electron chi connectivity index (χ3n) is 3.85. The van der Waals surface area contributed by atoms with Crippen LogP contribution < -0.4 is 5.73 Å². The van der Waals surface area contributed by atoms with Crippen molar-refractivity contribution in [3.05, 3.63) is 23.7 Å². The van der Waals surface area contributed by atoms with Crippen molar-refractivity contribution in [2.24, 2.45) is 5.73 Å². The summed E-state index contributed by atoms with van der Waals surface area (Å²) >= 11 is 0. The van der Waals surface area contributed by atoms with Crippen molar-refractivity contribution in [1.29, 1.82) is 0 Å². The summed E-state index contributed by atoms with van der Waals surface area (Å²) < 4.78 is 1.85. The highest BCUT2D eigenvalue weighted by Gasteiger charge is 2.20. The van der Waals surface area contributed by atoms with Crippen LogP contribution in [0.3, 0.4) is 0 Å². The number of piperidine rings is 1. The van der Waals surface area contributed by atoms with Gasteiger partial charge in [0.1, 0.15) is 0 Å². The molecule has 2 N–H and O–H groups in total. The molecule has 0 amide bonds. The highest BCUT2D eigenvalue weighted by molar-refractivity contribution is 5.36. The lowest BCUT2D eigenvalue weighted by Crippen LogP contribution is -2.29. The molecule has 0 bridgehead atoms. The number of likely N-dealkylation sites (tertiary alicyclic amines) is 1. The first kappa shape index (κ1) is 12.5. The number of aromatic nitrogens is 4. The largest absolute Gasteiger partial charge is 0.330 e. The van der Waals surface area contributed by atoms with E-state index >= 15 is 0 Å². The zero-order valence-electron chi connectivity index (χ0n) is 11.3. The van der Waals surface area contributed by atoms with Crippen LogP contribution in [0.1, 0.15) is 30.3 Å². The zero-order chi connectivity index (χ0) is 13.2. The van der Waals surface area contributed by atoms with Crippen LogP contribution in [-0.4, -0.2) is 51.4 Å². The fourth-order valence-electron chi connectivity index (χ4n) is 2.65. The standard InChI is InChI=1S/C13H20N6/c1-18-8-5-10(6-9-18)11-2-3-12-15-16-13(4-7-14)19(12)17-11/h2-3,10H,4-9,14H2,1H3. The predicted octanol–water partition coefficient (Wildman–Crippen LogP) is 0.435. The minimum absolute atomic E-state index is 0.550. The van der Waals surface area contributed by atoms with Crippen LogP contribution in [0.25, 0.3) is 5.65 Å². The highest BCUT2D eigenvalue weighted by atomic mass is 15.4. The number of hydrogen-bond donors (Lipinski definition) is 1. The van der Waals surface area contributed by atoms with Gasteiger partial charge in [0, 0.05) is 12.3 Å². The molecule has 0 saturated carbocycles. The zero-order valence-corrected chi connectivity index (χ0v) is 11.3. The number of fused-ring (bicyclic) bond motifs is 1. The van der Waals surface area contributed by atoms with Crippen molar-refractivity contribution in [3.63, 3.8) is 0 Å². The molecule has 6 nitrogen and oxygen atoms in total. The summed E-state index contributed by atoms with van der Waals surface area (Å²) in [5.41, 5.74) is 7.55. The van der Waals surface area contributed by atoms with Crippen LogP contribution >= 0.6 is 0 Å². The van der Waals surface area contributed by atoms with E-state index in [4.69, 9.17) is 10.8 Å². The van der Waals surface area contributed by atoms with Gasteiger partial charge in [-0.15, -0.1) is 10.2 Å². The predicted molar refractivity (Wildman–Crippen MR) is 73.0 cm³/mol. The van der Waals surface area contributed by atoms with Crippen LogP contribution in [-0.2, 0) is 6.42 Å². The molecule has 0 atom stereocenters. The van der Waals surface area contributed by atoms with Gasteiger partial charge in [0.05, 0.1) is 5.69 Å². The van der Waals surface area contributed by atoms with Crippen molar-refractivity contribution in [1.82, 2.24) is 24.7 Å². The van der Waals surface area contributed by atoms with E-state index in [1.54, 1.807) is 0 Å². The highest BCUT2D eigenvalue weighted by Crippen LogP contribution is 2.25. The monoisotopic (exact) mass is 260 g/mol. The van der Waals surface area contributed by atoms with Gasteiger partial charge in [-0.05, 0) is 51.7 Å². The second kappa shape index (κ2) is 5.22. The maximum absolute atomic E-state index is 5.59. The topological polar surface area (TPSA) is 72.3 Å². The lowest BCUT2D eigenvalue weighted by Gasteiger charge is -2.28. The molecule has 19 heavy (non-hydrogen) atoms. The lowest BCUT2D eigenvalue weighted by atomic mass is 9.94. The summed E-state index contributed by atoms with van der Waals surface area (Å²) in [6.07, 6.45) is 3.05. The van der Waals surface area contributed by atoms with Gasteiger partial charge in [-0.2, -0.15) is 9.61 Å². The Hall–Kier alpha value is -1.53. The summed E-state index contributed by atoms with van der Waals surface area (Å²) in [4.78, 5) is 2.37. The fraction of sp³-hybridized carbons (Fsp3) is 0.615. The number of hydrogen-bond acceptors (Lipinski definition) is 5. The van der Waals surface area contributed by atoms with E-state index in [9.17, 15) is 0 Å². The Bertz CT molecular complexity index is 555. The molecular formula is C13H20N6. The van der Waals surface area contributed by atoms with Gasteiger partial charge in [-0.1, -0.05) is 0 Å². The molecule has 1 aliphatic rings. The molecule has 6 heteroatoms. The molecule has 0 aromatic carbocycles. The van der Waals surface area contributed by atoms with Crippen molar-refractivity contribution in [2.75, 3.05) is 26.7 Å². The summed E-state index contributed by atoms with van der Waals surface area (Å²) in [6, 6.07) is 4.10. The third-order valence-corrected chi connectivity index (χ3v) is 3.85. The molecule has 1 saturated heterocycles. The molecule has 0 aliphatic carbocycles. The second-order valence-electron chi connectivity index (χ2n) is 5.26. The van der Waals surface area contributed by atoms with Crippen molar-refractivity contribution < 1.29 is 0 Å². The first-order chi connectivity index (χ1) is 9.28. The molecule has 2 aromatic heterocycles. The molecule has 3 heterocycles. The Balaban J connectivity index is 1.89. The van der Waals surface area contributed by atoms with Gasteiger partial charge in [-0.25, -0.2) is 0 Å². The SMILES string of the molecule is CN1CCC(c2ccc3nnc(CCN)n3n2)CC1. The molecule has 102 valence electrons. The van der Waals surface area contributed by atoms with E-state index < -0.39 is 0 Å². The molecular weight excluding hydrogens is 240 g/mol. The van der Waals surface area contributed by atoms with E-state index in [1.807, 2.05) is 10.6 Å². The van der Waals surface area contributed by atoms with Gasteiger partial charge in [0.15, 0.2) is 11.5 Å². The number of nitrogens with two attached hydrogens (primary N) is 1. The quantitative estimate of drug-likeness (QED) is 0.866. The average molecular weight is 260 g/mol. The van der Waals surface area contributed by atoms with E-state index in [0.29, 0.717) is 18.9 Å². The van der Waals surface area contributed by atoms with Gasteiger partial charge < -0.3 is 10.6 Å². The molecule has 1 fully saturated rings. The summed E-state index contributed by atoms with van der Waals surface area (Å²) in [5.74, 6) is 1.40. The van der Waals surface area contributed by atoms with Crippen LogP contribution in [0.4, 0.5) is 0 Å². The van der Waals surface area contributed by atoms with Gasteiger partial charge >= 0.3 is 0 Å². The van der Waals surface area contributed by atoms with E-state index in [1.165, 1.54) is 12.8 Å². The first-order valence-electron chi connectivity index (χ1n) is 6.88. The minimum atomic E-state index is 0.550. The Kier molecular flexibility index (Phi) is 3.44. The van der Waals surface area contributed by atoms with Crippen LogP contribution in [0, 0.1) is 0 Å². The van der Waals surface area contributed by atoms with E-state index in [-0.39, 0.29) is 0 Å². The van der Waals surface area contributed by atoms with Gasteiger partial charge in [0.2, 0.25) is 0 Å². The van der Waals surface area contributed by atoms with Crippen LogP contribution in [0.5, 0.6) is 0 Å². The molecule has 0 radical (unpaired) electrons. The Labute approximate surface area is 112 Å². The number of nitrogens with zero attached hydrogens (tertiary/aromatic N) is 5. The third kappa shape index (κ3) is 2.46. The van der Waals surface area contributed by atoms with Crippen molar-refractivity contribution >= 4 is 5.65 Å². The maximum atomic E-state index is 5.59. The van der Waals surface area contributed by atoms with Crippen molar-refractivity contribution in [2.45, 2.75) is 25.2 Å². The normalized spacial score (nSPS) is 18.2. The smallest absolute Gasteiger partial charge is 0.177 e.